The minimum atomic E-state index is -0.904. The third-order valence-electron chi connectivity index (χ3n) is 3.65. The first kappa shape index (κ1) is 12.0. The van der Waals surface area contributed by atoms with Crippen molar-refractivity contribution in [2.75, 3.05) is 18.0 Å². The Labute approximate surface area is 111 Å². The molecule has 1 fully saturated rings. The lowest BCUT2D eigenvalue weighted by molar-refractivity contribution is 0.0697. The zero-order chi connectivity index (χ0) is 13.2. The molecule has 98 valence electrons. The van der Waals surface area contributed by atoms with Crippen molar-refractivity contribution < 1.29 is 9.90 Å². The van der Waals surface area contributed by atoms with E-state index in [-0.39, 0.29) is 0 Å². The van der Waals surface area contributed by atoms with Gasteiger partial charge in [0.15, 0.2) is 0 Å². The van der Waals surface area contributed by atoms with Gasteiger partial charge in [-0.25, -0.2) is 4.79 Å². The summed E-state index contributed by atoms with van der Waals surface area (Å²) in [4.78, 5) is 17.9. The Balaban J connectivity index is 2.21. The summed E-state index contributed by atoms with van der Waals surface area (Å²) in [7, 11) is 0. The number of pyridine rings is 1. The maximum Gasteiger partial charge on any atom is 0.339 e. The smallest absolute Gasteiger partial charge is 0.339 e. The van der Waals surface area contributed by atoms with Crippen LogP contribution in [0.15, 0.2) is 30.5 Å². The Morgan fingerprint density at radius 3 is 2.63 bits per heavy atom. The van der Waals surface area contributed by atoms with E-state index in [1.807, 2.05) is 24.3 Å². The fourth-order valence-electron chi connectivity index (χ4n) is 2.74. The maximum atomic E-state index is 11.4. The van der Waals surface area contributed by atoms with Crippen LogP contribution in [0.4, 0.5) is 5.69 Å². The molecular weight excluding hydrogens is 240 g/mol. The lowest BCUT2D eigenvalue weighted by Gasteiger charge is -2.30. The van der Waals surface area contributed by atoms with E-state index in [9.17, 15) is 9.90 Å². The zero-order valence-corrected chi connectivity index (χ0v) is 10.7. The summed E-state index contributed by atoms with van der Waals surface area (Å²) in [5.74, 6) is -0.904. The molecule has 1 saturated heterocycles. The van der Waals surface area contributed by atoms with Crippen molar-refractivity contribution in [1.82, 2.24) is 4.98 Å². The average Bonchev–Trinajstić information content (AvgIpc) is 2.46. The highest BCUT2D eigenvalue weighted by atomic mass is 16.4. The molecule has 1 aromatic heterocycles. The maximum absolute atomic E-state index is 11.4. The van der Waals surface area contributed by atoms with Crippen LogP contribution in [-0.2, 0) is 0 Å². The number of carboxylic acids is 1. The van der Waals surface area contributed by atoms with Crippen molar-refractivity contribution in [1.29, 1.82) is 0 Å². The zero-order valence-electron chi connectivity index (χ0n) is 10.7. The van der Waals surface area contributed by atoms with Crippen molar-refractivity contribution in [2.45, 2.75) is 19.3 Å². The van der Waals surface area contributed by atoms with Gasteiger partial charge in [0.2, 0.25) is 0 Å². The number of hydrogen-bond acceptors (Lipinski definition) is 3. The van der Waals surface area contributed by atoms with E-state index in [1.165, 1.54) is 12.6 Å². The average molecular weight is 256 g/mol. The Morgan fingerprint density at radius 1 is 1.16 bits per heavy atom. The molecule has 1 aliphatic rings. The molecule has 1 aromatic carbocycles. The van der Waals surface area contributed by atoms with Crippen molar-refractivity contribution >= 4 is 22.6 Å². The second-order valence-corrected chi connectivity index (χ2v) is 4.89. The summed E-state index contributed by atoms with van der Waals surface area (Å²) in [6, 6.07) is 7.74. The number of anilines is 1. The van der Waals surface area contributed by atoms with E-state index in [1.54, 1.807) is 0 Å². The number of aromatic nitrogens is 1. The highest BCUT2D eigenvalue weighted by Gasteiger charge is 2.21. The van der Waals surface area contributed by atoms with Gasteiger partial charge in [-0.2, -0.15) is 0 Å². The van der Waals surface area contributed by atoms with Gasteiger partial charge in [-0.05, 0) is 25.3 Å². The lowest BCUT2D eigenvalue weighted by atomic mass is 10.0. The van der Waals surface area contributed by atoms with Gasteiger partial charge in [-0.15, -0.1) is 0 Å². The first-order valence-electron chi connectivity index (χ1n) is 6.63. The first-order valence-corrected chi connectivity index (χ1v) is 6.63. The molecule has 3 rings (SSSR count). The minimum absolute atomic E-state index is 0.306. The van der Waals surface area contributed by atoms with Crippen molar-refractivity contribution in [3.63, 3.8) is 0 Å². The highest BCUT2D eigenvalue weighted by Crippen LogP contribution is 2.31. The topological polar surface area (TPSA) is 53.4 Å². The van der Waals surface area contributed by atoms with Crippen LogP contribution in [0.5, 0.6) is 0 Å². The Morgan fingerprint density at radius 2 is 1.89 bits per heavy atom. The predicted molar refractivity (Wildman–Crippen MR) is 74.8 cm³/mol. The quantitative estimate of drug-likeness (QED) is 0.897. The van der Waals surface area contributed by atoms with Gasteiger partial charge in [0, 0.05) is 24.7 Å². The summed E-state index contributed by atoms with van der Waals surface area (Å²) in [6.07, 6.45) is 4.95. The van der Waals surface area contributed by atoms with Gasteiger partial charge in [0.25, 0.3) is 0 Å². The number of carbonyl (C=O) groups is 1. The Kier molecular flexibility index (Phi) is 3.07. The number of benzene rings is 1. The molecule has 0 atom stereocenters. The standard InChI is InChI=1S/C15H16N2O2/c18-15(19)12-10-16-13-7-3-2-6-11(13)14(12)17-8-4-1-5-9-17/h2-3,6-7,10H,1,4-5,8-9H2,(H,18,19). The van der Waals surface area contributed by atoms with E-state index in [0.717, 1.165) is 42.5 Å². The molecule has 0 bridgehead atoms. The summed E-state index contributed by atoms with van der Waals surface area (Å²) in [5.41, 5.74) is 1.99. The molecule has 1 aliphatic heterocycles. The Bertz CT molecular complexity index is 619. The van der Waals surface area contributed by atoms with Crippen LogP contribution in [0, 0.1) is 0 Å². The molecule has 1 N–H and O–H groups in total. The first-order chi connectivity index (χ1) is 9.27. The molecule has 4 heteroatoms. The normalized spacial score (nSPS) is 15.7. The van der Waals surface area contributed by atoms with Gasteiger partial charge in [-0.1, -0.05) is 18.2 Å². The Hall–Kier alpha value is -2.10. The fourth-order valence-corrected chi connectivity index (χ4v) is 2.74. The molecule has 0 unspecified atom stereocenters. The van der Waals surface area contributed by atoms with E-state index >= 15 is 0 Å². The van der Waals surface area contributed by atoms with E-state index in [0.29, 0.717) is 5.56 Å². The molecule has 2 heterocycles. The van der Waals surface area contributed by atoms with Gasteiger partial charge >= 0.3 is 5.97 Å². The highest BCUT2D eigenvalue weighted by molar-refractivity contribution is 6.04. The van der Waals surface area contributed by atoms with Crippen LogP contribution in [0.2, 0.25) is 0 Å². The molecule has 0 aliphatic carbocycles. The van der Waals surface area contributed by atoms with Crippen molar-refractivity contribution in [2.24, 2.45) is 0 Å². The molecular formula is C15H16N2O2. The molecule has 0 spiro atoms. The van der Waals surface area contributed by atoms with Crippen LogP contribution in [0.25, 0.3) is 10.9 Å². The van der Waals surface area contributed by atoms with Crippen molar-refractivity contribution in [3.8, 4) is 0 Å². The second-order valence-electron chi connectivity index (χ2n) is 4.89. The van der Waals surface area contributed by atoms with Crippen LogP contribution < -0.4 is 4.90 Å². The molecule has 19 heavy (non-hydrogen) atoms. The van der Waals surface area contributed by atoms with E-state index < -0.39 is 5.97 Å². The van der Waals surface area contributed by atoms with Crippen molar-refractivity contribution in [3.05, 3.63) is 36.0 Å². The second kappa shape index (κ2) is 4.88. The molecule has 0 amide bonds. The summed E-state index contributed by atoms with van der Waals surface area (Å²) in [6.45, 7) is 1.85. The van der Waals surface area contributed by atoms with Crippen LogP contribution >= 0.6 is 0 Å². The number of aromatic carboxylic acids is 1. The molecule has 4 nitrogen and oxygen atoms in total. The number of nitrogens with zero attached hydrogens (tertiary/aromatic N) is 2. The van der Waals surface area contributed by atoms with Gasteiger partial charge in [0.05, 0.1) is 11.2 Å². The predicted octanol–water partition coefficient (Wildman–Crippen LogP) is 2.92. The van der Waals surface area contributed by atoms with E-state index in [4.69, 9.17) is 0 Å². The van der Waals surface area contributed by atoms with Crippen LogP contribution in [-0.4, -0.2) is 29.1 Å². The van der Waals surface area contributed by atoms with Crippen LogP contribution in [0.3, 0.4) is 0 Å². The number of rotatable bonds is 2. The van der Waals surface area contributed by atoms with Gasteiger partial charge < -0.3 is 10.0 Å². The number of carboxylic acid groups (broad SMARTS) is 1. The number of hydrogen-bond donors (Lipinski definition) is 1. The largest absolute Gasteiger partial charge is 0.478 e. The van der Waals surface area contributed by atoms with Gasteiger partial charge in [0.1, 0.15) is 5.56 Å². The summed E-state index contributed by atoms with van der Waals surface area (Å²) in [5, 5.41) is 10.3. The summed E-state index contributed by atoms with van der Waals surface area (Å²) >= 11 is 0. The third-order valence-corrected chi connectivity index (χ3v) is 3.65. The monoisotopic (exact) mass is 256 g/mol. The lowest BCUT2D eigenvalue weighted by Crippen LogP contribution is -2.31. The summed E-state index contributed by atoms with van der Waals surface area (Å²) < 4.78 is 0. The van der Waals surface area contributed by atoms with E-state index in [2.05, 4.69) is 9.88 Å². The number of para-hydroxylation sites is 1. The van der Waals surface area contributed by atoms with Gasteiger partial charge in [-0.3, -0.25) is 4.98 Å². The number of fused-ring (bicyclic) bond motifs is 1. The SMILES string of the molecule is O=C(O)c1cnc2ccccc2c1N1CCCCC1. The molecule has 0 radical (unpaired) electrons. The number of piperidine rings is 1. The third kappa shape index (κ3) is 2.14. The fraction of sp³-hybridized carbons (Fsp3) is 0.333. The molecule has 2 aromatic rings. The minimum Gasteiger partial charge on any atom is -0.478 e. The molecule has 0 saturated carbocycles. The van der Waals surface area contributed by atoms with Crippen LogP contribution in [0.1, 0.15) is 29.6 Å².